The molecule has 0 aliphatic rings. The molecule has 0 fully saturated rings. The van der Waals surface area contributed by atoms with Crippen LogP contribution in [0.2, 0.25) is 0 Å². The fourth-order valence-corrected chi connectivity index (χ4v) is 4.97. The van der Waals surface area contributed by atoms with Crippen LogP contribution in [0.15, 0.2) is 90.1 Å². The third-order valence-corrected chi connectivity index (χ3v) is 7.04. The molecule has 7 nitrogen and oxygen atoms in total. The van der Waals surface area contributed by atoms with E-state index < -0.39 is 4.92 Å². The number of hydrogen-bond donors (Lipinski definition) is 0. The smallest absolute Gasteiger partial charge is 0.269 e. The van der Waals surface area contributed by atoms with E-state index in [1.165, 1.54) is 17.2 Å². The molecule has 0 aliphatic carbocycles. The van der Waals surface area contributed by atoms with E-state index in [1.54, 1.807) is 18.3 Å². The number of benzene rings is 3. The first-order valence-corrected chi connectivity index (χ1v) is 14.1. The molecule has 0 aliphatic heterocycles. The summed E-state index contributed by atoms with van der Waals surface area (Å²) in [5.41, 5.74) is 6.06. The molecule has 41 heavy (non-hydrogen) atoms. The molecule has 0 radical (unpaired) electrons. The molecule has 212 valence electrons. The van der Waals surface area contributed by atoms with Gasteiger partial charge in [0.15, 0.2) is 11.5 Å². The van der Waals surface area contributed by atoms with Crippen molar-refractivity contribution in [1.29, 1.82) is 0 Å². The van der Waals surface area contributed by atoms with Crippen molar-refractivity contribution in [3.8, 4) is 5.75 Å². The Bertz CT molecular complexity index is 1490. The van der Waals surface area contributed by atoms with Gasteiger partial charge in [-0.2, -0.15) is 0 Å². The number of hydrogen-bond acceptors (Lipinski definition) is 5. The second-order valence-electron chi connectivity index (χ2n) is 10.6. The summed E-state index contributed by atoms with van der Waals surface area (Å²) >= 11 is 0. The molecule has 0 N–H and O–H groups in total. The van der Waals surface area contributed by atoms with E-state index in [2.05, 4.69) is 35.7 Å². The Kier molecular flexibility index (Phi) is 10.2. The summed E-state index contributed by atoms with van der Waals surface area (Å²) in [5, 5.41) is 15.3. The number of aryl methyl sites for hydroxylation is 3. The standard InChI is InChI=1S/C34H37N3O4/c1-25(2)34-32(33(38)20-17-27-12-9-14-30(22-27)37(39)40)23-29(36(34)24-28-10-5-4-6-11-28)13-7-8-21-35-41-31-18-15-26(3)16-19-31/h4-6,9-12,14-16,18-19,21-23,25H,7-8,13,17,20,24H2,1-3H3. The summed E-state index contributed by atoms with van der Waals surface area (Å²) in [6.45, 7) is 6.95. The second kappa shape index (κ2) is 14.2. The monoisotopic (exact) mass is 551 g/mol. The Hall–Kier alpha value is -4.52. The highest BCUT2D eigenvalue weighted by atomic mass is 16.6. The van der Waals surface area contributed by atoms with E-state index in [0.29, 0.717) is 25.1 Å². The number of nitrogens with zero attached hydrogens (tertiary/aromatic N) is 3. The molecule has 1 heterocycles. The quantitative estimate of drug-likeness (QED) is 0.0521. The van der Waals surface area contributed by atoms with Crippen molar-refractivity contribution in [1.82, 2.24) is 4.57 Å². The lowest BCUT2D eigenvalue weighted by atomic mass is 9.98. The minimum atomic E-state index is -0.405. The fraction of sp³-hybridized carbons (Fsp3) is 0.294. The van der Waals surface area contributed by atoms with Gasteiger partial charge in [0.05, 0.1) is 4.92 Å². The van der Waals surface area contributed by atoms with Gasteiger partial charge >= 0.3 is 0 Å². The first-order chi connectivity index (χ1) is 19.8. The Morgan fingerprint density at radius 1 is 0.976 bits per heavy atom. The third-order valence-electron chi connectivity index (χ3n) is 7.04. The van der Waals surface area contributed by atoms with E-state index in [1.807, 2.05) is 61.5 Å². The molecule has 0 saturated carbocycles. The maximum Gasteiger partial charge on any atom is 0.269 e. The van der Waals surface area contributed by atoms with Gasteiger partial charge in [0.25, 0.3) is 5.69 Å². The predicted octanol–water partition coefficient (Wildman–Crippen LogP) is 8.08. The maximum atomic E-state index is 13.6. The zero-order valence-electron chi connectivity index (χ0n) is 24.0. The molecule has 0 unspecified atom stereocenters. The summed E-state index contributed by atoms with van der Waals surface area (Å²) in [5.74, 6) is 0.911. The van der Waals surface area contributed by atoms with Crippen molar-refractivity contribution in [3.63, 3.8) is 0 Å². The molecule has 0 saturated heterocycles. The Morgan fingerprint density at radius 2 is 1.71 bits per heavy atom. The maximum absolute atomic E-state index is 13.6. The zero-order valence-corrected chi connectivity index (χ0v) is 24.0. The van der Waals surface area contributed by atoms with E-state index in [0.717, 1.165) is 41.8 Å². The van der Waals surface area contributed by atoms with Gasteiger partial charge in [0.1, 0.15) is 0 Å². The predicted molar refractivity (Wildman–Crippen MR) is 163 cm³/mol. The lowest BCUT2D eigenvalue weighted by Crippen LogP contribution is -2.12. The van der Waals surface area contributed by atoms with Crippen LogP contribution in [-0.4, -0.2) is 21.5 Å². The van der Waals surface area contributed by atoms with Gasteiger partial charge in [0.2, 0.25) is 0 Å². The number of oxime groups is 1. The van der Waals surface area contributed by atoms with E-state index in [-0.39, 0.29) is 17.4 Å². The highest BCUT2D eigenvalue weighted by Gasteiger charge is 2.22. The Labute approximate surface area is 241 Å². The van der Waals surface area contributed by atoms with Gasteiger partial charge in [-0.05, 0) is 67.9 Å². The summed E-state index contributed by atoms with van der Waals surface area (Å²) < 4.78 is 2.29. The van der Waals surface area contributed by atoms with E-state index in [9.17, 15) is 14.9 Å². The number of rotatable bonds is 14. The number of nitro groups is 1. The van der Waals surface area contributed by atoms with Crippen molar-refractivity contribution in [2.24, 2.45) is 5.16 Å². The number of nitro benzene ring substituents is 1. The van der Waals surface area contributed by atoms with Crippen LogP contribution < -0.4 is 4.84 Å². The van der Waals surface area contributed by atoms with Gasteiger partial charge in [-0.25, -0.2) is 0 Å². The van der Waals surface area contributed by atoms with E-state index >= 15 is 0 Å². The number of carbonyl (C=O) groups is 1. The first-order valence-electron chi connectivity index (χ1n) is 14.1. The molecule has 0 amide bonds. The van der Waals surface area contributed by atoms with Crippen LogP contribution in [-0.2, 0) is 19.4 Å². The molecule has 0 spiro atoms. The lowest BCUT2D eigenvalue weighted by molar-refractivity contribution is -0.384. The molecule has 1 aromatic heterocycles. The van der Waals surface area contributed by atoms with Crippen molar-refractivity contribution in [2.45, 2.75) is 65.3 Å². The van der Waals surface area contributed by atoms with Gasteiger partial charge < -0.3 is 9.40 Å². The van der Waals surface area contributed by atoms with Crippen molar-refractivity contribution < 1.29 is 14.6 Å². The Morgan fingerprint density at radius 3 is 2.41 bits per heavy atom. The highest BCUT2D eigenvalue weighted by Crippen LogP contribution is 2.28. The van der Waals surface area contributed by atoms with Crippen LogP contribution in [0.25, 0.3) is 0 Å². The van der Waals surface area contributed by atoms with Crippen molar-refractivity contribution in [2.75, 3.05) is 0 Å². The zero-order chi connectivity index (χ0) is 29.2. The van der Waals surface area contributed by atoms with Gasteiger partial charge in [-0.15, -0.1) is 0 Å². The van der Waals surface area contributed by atoms with Crippen LogP contribution in [0.3, 0.4) is 0 Å². The Balaban J connectivity index is 1.50. The van der Waals surface area contributed by atoms with Gasteiger partial charge in [0, 0.05) is 48.3 Å². The van der Waals surface area contributed by atoms with Crippen LogP contribution in [0.4, 0.5) is 5.69 Å². The fourth-order valence-electron chi connectivity index (χ4n) is 4.97. The number of carbonyl (C=O) groups excluding carboxylic acids is 1. The summed E-state index contributed by atoms with van der Waals surface area (Å²) in [7, 11) is 0. The summed E-state index contributed by atoms with van der Waals surface area (Å²) in [6.07, 6.45) is 4.93. The SMILES string of the molecule is Cc1ccc(ON=CCCCc2cc(C(=O)CCc3cccc([N+](=O)[O-])c3)c(C(C)C)n2Cc2ccccc2)cc1. The summed E-state index contributed by atoms with van der Waals surface area (Å²) in [6, 6.07) is 26.6. The second-order valence-corrected chi connectivity index (χ2v) is 10.6. The van der Waals surface area contributed by atoms with Crippen molar-refractivity contribution in [3.05, 3.63) is 129 Å². The average molecular weight is 552 g/mol. The van der Waals surface area contributed by atoms with Crippen molar-refractivity contribution >= 4 is 17.7 Å². The third kappa shape index (κ3) is 8.24. The lowest BCUT2D eigenvalue weighted by Gasteiger charge is -2.17. The normalized spacial score (nSPS) is 11.3. The van der Waals surface area contributed by atoms with Crippen LogP contribution in [0.5, 0.6) is 5.75 Å². The molecule has 3 aromatic carbocycles. The number of Topliss-reactive ketones (excluding diaryl/α,β-unsaturated/α-hetero) is 1. The largest absolute Gasteiger partial charge is 0.357 e. The summed E-state index contributed by atoms with van der Waals surface area (Å²) in [4.78, 5) is 29.8. The highest BCUT2D eigenvalue weighted by molar-refractivity contribution is 5.98. The molecule has 7 heteroatoms. The molecule has 0 bridgehead atoms. The minimum absolute atomic E-state index is 0.0434. The number of unbranched alkanes of at least 4 members (excludes halogenated alkanes) is 1. The van der Waals surface area contributed by atoms with E-state index in [4.69, 9.17) is 4.84 Å². The van der Waals surface area contributed by atoms with Crippen LogP contribution in [0, 0.1) is 17.0 Å². The molecule has 0 atom stereocenters. The number of ketones is 1. The minimum Gasteiger partial charge on any atom is -0.357 e. The first kappa shape index (κ1) is 29.5. The number of aromatic nitrogens is 1. The van der Waals surface area contributed by atoms with Gasteiger partial charge in [-0.3, -0.25) is 14.9 Å². The van der Waals surface area contributed by atoms with Crippen LogP contribution in [0.1, 0.15) is 77.5 Å². The molecule has 4 rings (SSSR count). The van der Waals surface area contributed by atoms with Crippen LogP contribution >= 0.6 is 0 Å². The number of non-ortho nitro benzene ring substituents is 1. The topological polar surface area (TPSA) is 86.7 Å². The molecular formula is C34H37N3O4. The molecular weight excluding hydrogens is 514 g/mol. The average Bonchev–Trinajstić information content (AvgIpc) is 3.33. The molecule has 4 aromatic rings. The van der Waals surface area contributed by atoms with Gasteiger partial charge in [-0.1, -0.05) is 79.2 Å².